The molecule has 0 saturated heterocycles. The van der Waals surface area contributed by atoms with Gasteiger partial charge >= 0.3 is 0 Å². The average molecular weight is 346 g/mol. The van der Waals surface area contributed by atoms with Crippen molar-refractivity contribution in [2.75, 3.05) is 0 Å². The van der Waals surface area contributed by atoms with Crippen molar-refractivity contribution in [2.24, 2.45) is 7.05 Å². The molecular formula is C25H18N2. The van der Waals surface area contributed by atoms with E-state index >= 15 is 0 Å². The first-order valence-corrected chi connectivity index (χ1v) is 9.29. The van der Waals surface area contributed by atoms with E-state index in [2.05, 4.69) is 102 Å². The molecule has 27 heavy (non-hydrogen) atoms. The van der Waals surface area contributed by atoms with Crippen LogP contribution < -0.4 is 0 Å². The number of rotatable bonds is 1. The molecule has 0 unspecified atom stereocenters. The lowest BCUT2D eigenvalue weighted by molar-refractivity contribution is 1.02. The zero-order valence-corrected chi connectivity index (χ0v) is 15.0. The summed E-state index contributed by atoms with van der Waals surface area (Å²) in [7, 11) is 2.17. The molecule has 0 aliphatic heterocycles. The molecule has 0 atom stereocenters. The van der Waals surface area contributed by atoms with Crippen LogP contribution >= 0.6 is 0 Å². The normalized spacial score (nSPS) is 11.9. The fraction of sp³-hybridized carbons (Fsp3) is 0.0400. The van der Waals surface area contributed by atoms with Gasteiger partial charge in [0.05, 0.1) is 11.0 Å². The molecule has 4 aromatic carbocycles. The maximum atomic E-state index is 3.65. The molecule has 2 heteroatoms. The van der Waals surface area contributed by atoms with Crippen LogP contribution in [0.2, 0.25) is 0 Å². The number of hydrogen-bond acceptors (Lipinski definition) is 0. The van der Waals surface area contributed by atoms with Crippen LogP contribution in [0.1, 0.15) is 0 Å². The Morgan fingerprint density at radius 1 is 0.593 bits per heavy atom. The van der Waals surface area contributed by atoms with Gasteiger partial charge in [0, 0.05) is 50.8 Å². The molecule has 0 fully saturated rings. The summed E-state index contributed by atoms with van der Waals surface area (Å²) in [5, 5.41) is 5.16. The van der Waals surface area contributed by atoms with Crippen LogP contribution in [0.4, 0.5) is 0 Å². The quantitative estimate of drug-likeness (QED) is 0.345. The maximum Gasteiger partial charge on any atom is 0.0569 e. The summed E-state index contributed by atoms with van der Waals surface area (Å²) in [6.45, 7) is 0. The van der Waals surface area contributed by atoms with Gasteiger partial charge in [0.25, 0.3) is 0 Å². The molecule has 0 aliphatic rings. The number of nitrogens with zero attached hydrogens (tertiary/aromatic N) is 1. The van der Waals surface area contributed by atoms with Crippen molar-refractivity contribution in [2.45, 2.75) is 0 Å². The number of aromatic nitrogens is 2. The van der Waals surface area contributed by atoms with Crippen LogP contribution in [-0.2, 0) is 7.05 Å². The molecule has 2 nitrogen and oxygen atoms in total. The van der Waals surface area contributed by atoms with Gasteiger partial charge in [-0.2, -0.15) is 0 Å². The SMILES string of the molecule is Cn1c2ccccc2c2cccc(-c3cccc4c3[nH]c3ccccc34)c21. The first-order valence-electron chi connectivity index (χ1n) is 9.29. The fourth-order valence-corrected chi connectivity index (χ4v) is 4.55. The molecule has 0 spiro atoms. The number of hydrogen-bond donors (Lipinski definition) is 1. The zero-order valence-electron chi connectivity index (χ0n) is 15.0. The van der Waals surface area contributed by atoms with Crippen LogP contribution in [0.3, 0.4) is 0 Å². The van der Waals surface area contributed by atoms with E-state index in [4.69, 9.17) is 0 Å². The lowest BCUT2D eigenvalue weighted by Crippen LogP contribution is -1.90. The van der Waals surface area contributed by atoms with Gasteiger partial charge in [-0.3, -0.25) is 0 Å². The average Bonchev–Trinajstić information content (AvgIpc) is 3.24. The summed E-state index contributed by atoms with van der Waals surface area (Å²) >= 11 is 0. The second kappa shape index (κ2) is 5.24. The second-order valence-electron chi connectivity index (χ2n) is 7.18. The fourth-order valence-electron chi connectivity index (χ4n) is 4.55. The van der Waals surface area contributed by atoms with E-state index in [1.165, 1.54) is 54.7 Å². The Balaban J connectivity index is 1.79. The molecule has 0 amide bonds. The van der Waals surface area contributed by atoms with Crippen molar-refractivity contribution in [3.05, 3.63) is 84.9 Å². The molecule has 2 aromatic heterocycles. The zero-order chi connectivity index (χ0) is 18.0. The van der Waals surface area contributed by atoms with E-state index in [9.17, 15) is 0 Å². The highest BCUT2D eigenvalue weighted by atomic mass is 14.9. The summed E-state index contributed by atoms with van der Waals surface area (Å²) in [5.41, 5.74) is 7.46. The van der Waals surface area contributed by atoms with Crippen molar-refractivity contribution in [1.82, 2.24) is 9.55 Å². The lowest BCUT2D eigenvalue weighted by Gasteiger charge is -2.08. The van der Waals surface area contributed by atoms with Gasteiger partial charge in [0.15, 0.2) is 0 Å². The predicted octanol–water partition coefficient (Wildman–Crippen LogP) is 6.63. The summed E-state index contributed by atoms with van der Waals surface area (Å²) in [6, 6.07) is 30.4. The topological polar surface area (TPSA) is 20.7 Å². The Morgan fingerprint density at radius 2 is 1.26 bits per heavy atom. The van der Waals surface area contributed by atoms with Gasteiger partial charge in [0.1, 0.15) is 0 Å². The van der Waals surface area contributed by atoms with Crippen LogP contribution in [0, 0.1) is 0 Å². The number of H-pyrrole nitrogens is 1. The number of aryl methyl sites for hydroxylation is 1. The Labute approximate surface area is 156 Å². The van der Waals surface area contributed by atoms with Crippen molar-refractivity contribution in [3.8, 4) is 11.1 Å². The highest BCUT2D eigenvalue weighted by molar-refractivity contribution is 6.17. The van der Waals surface area contributed by atoms with E-state index in [0.717, 1.165) is 0 Å². The van der Waals surface area contributed by atoms with Crippen LogP contribution in [-0.4, -0.2) is 9.55 Å². The minimum atomic E-state index is 1.18. The number of nitrogens with one attached hydrogen (secondary N) is 1. The Morgan fingerprint density at radius 3 is 2.15 bits per heavy atom. The Hall–Kier alpha value is -3.52. The number of fused-ring (bicyclic) bond motifs is 6. The molecule has 0 radical (unpaired) electrons. The molecular weight excluding hydrogens is 328 g/mol. The maximum absolute atomic E-state index is 3.65. The summed E-state index contributed by atoms with van der Waals surface area (Å²) in [5.74, 6) is 0. The van der Waals surface area contributed by atoms with E-state index in [-0.39, 0.29) is 0 Å². The van der Waals surface area contributed by atoms with Gasteiger partial charge < -0.3 is 9.55 Å². The van der Waals surface area contributed by atoms with E-state index < -0.39 is 0 Å². The molecule has 6 rings (SSSR count). The molecule has 6 aromatic rings. The van der Waals surface area contributed by atoms with Crippen molar-refractivity contribution in [3.63, 3.8) is 0 Å². The molecule has 0 aliphatic carbocycles. The third kappa shape index (κ3) is 1.90. The summed E-state index contributed by atoms with van der Waals surface area (Å²) < 4.78 is 2.32. The van der Waals surface area contributed by atoms with Crippen LogP contribution in [0.25, 0.3) is 54.7 Å². The van der Waals surface area contributed by atoms with Crippen molar-refractivity contribution < 1.29 is 0 Å². The van der Waals surface area contributed by atoms with E-state index in [0.29, 0.717) is 0 Å². The standard InChI is InChI=1S/C25H18N2/c1-27-23-15-5-3-9-17(23)20-12-7-13-21(25(20)27)19-11-6-10-18-16-8-2-4-14-22(16)26-24(18)19/h2-15,26H,1H3. The summed E-state index contributed by atoms with van der Waals surface area (Å²) in [6.07, 6.45) is 0. The number of aromatic amines is 1. The van der Waals surface area contributed by atoms with Crippen molar-refractivity contribution >= 4 is 43.6 Å². The first-order chi connectivity index (χ1) is 13.3. The molecule has 2 heterocycles. The van der Waals surface area contributed by atoms with Crippen molar-refractivity contribution in [1.29, 1.82) is 0 Å². The number of benzene rings is 4. The second-order valence-corrected chi connectivity index (χ2v) is 7.18. The van der Waals surface area contributed by atoms with Gasteiger partial charge in [-0.05, 0) is 12.1 Å². The van der Waals surface area contributed by atoms with E-state index in [1.807, 2.05) is 0 Å². The third-order valence-corrected chi connectivity index (χ3v) is 5.76. The minimum Gasteiger partial charge on any atom is -0.354 e. The van der Waals surface area contributed by atoms with E-state index in [1.54, 1.807) is 0 Å². The molecule has 0 saturated carbocycles. The molecule has 0 bridgehead atoms. The lowest BCUT2D eigenvalue weighted by atomic mass is 9.99. The first kappa shape index (κ1) is 14.6. The molecule has 128 valence electrons. The van der Waals surface area contributed by atoms with Gasteiger partial charge in [0.2, 0.25) is 0 Å². The van der Waals surface area contributed by atoms with Crippen LogP contribution in [0.15, 0.2) is 84.9 Å². The van der Waals surface area contributed by atoms with Gasteiger partial charge in [-0.25, -0.2) is 0 Å². The third-order valence-electron chi connectivity index (χ3n) is 5.76. The van der Waals surface area contributed by atoms with Gasteiger partial charge in [-0.1, -0.05) is 72.8 Å². The highest BCUT2D eigenvalue weighted by Crippen LogP contribution is 2.39. The predicted molar refractivity (Wildman–Crippen MR) is 115 cm³/mol. The Bertz CT molecular complexity index is 1480. The molecule has 1 N–H and O–H groups in total. The minimum absolute atomic E-state index is 1.18. The largest absolute Gasteiger partial charge is 0.354 e. The van der Waals surface area contributed by atoms with Crippen LogP contribution in [0.5, 0.6) is 0 Å². The summed E-state index contributed by atoms with van der Waals surface area (Å²) in [4.78, 5) is 3.65. The Kier molecular flexibility index (Phi) is 2.84. The monoisotopic (exact) mass is 346 g/mol. The van der Waals surface area contributed by atoms with Gasteiger partial charge in [-0.15, -0.1) is 0 Å². The highest BCUT2D eigenvalue weighted by Gasteiger charge is 2.15. The number of para-hydroxylation sites is 4. The smallest absolute Gasteiger partial charge is 0.0569 e.